The van der Waals surface area contributed by atoms with Gasteiger partial charge in [-0.25, -0.2) is 0 Å². The van der Waals surface area contributed by atoms with Crippen LogP contribution in [0.1, 0.15) is 59.8 Å². The Morgan fingerprint density at radius 2 is 1.95 bits per heavy atom. The molecule has 0 aromatic heterocycles. The van der Waals surface area contributed by atoms with Gasteiger partial charge in [0.25, 0.3) is 0 Å². The fourth-order valence-corrected chi connectivity index (χ4v) is 3.76. The third kappa shape index (κ3) is 6.13. The average molecular weight is 284 g/mol. The van der Waals surface area contributed by atoms with Gasteiger partial charge >= 0.3 is 0 Å². The van der Waals surface area contributed by atoms with Crippen molar-refractivity contribution in [2.75, 3.05) is 26.8 Å². The van der Waals surface area contributed by atoms with Crippen molar-refractivity contribution < 1.29 is 4.74 Å². The van der Waals surface area contributed by atoms with Crippen molar-refractivity contribution >= 4 is 0 Å². The first-order valence-corrected chi connectivity index (χ1v) is 8.78. The van der Waals surface area contributed by atoms with Crippen molar-refractivity contribution in [2.24, 2.45) is 29.6 Å². The molecule has 0 spiro atoms. The van der Waals surface area contributed by atoms with Crippen molar-refractivity contribution in [3.05, 3.63) is 0 Å². The maximum absolute atomic E-state index is 5.29. The molecule has 1 N–H and O–H groups in total. The predicted molar refractivity (Wildman–Crippen MR) is 88.0 cm³/mol. The van der Waals surface area contributed by atoms with Crippen LogP contribution in [-0.4, -0.2) is 26.8 Å². The molecular weight excluding hydrogens is 246 g/mol. The molecular formula is C18H37NO. The summed E-state index contributed by atoms with van der Waals surface area (Å²) in [7, 11) is 1.82. The van der Waals surface area contributed by atoms with E-state index in [-0.39, 0.29) is 0 Å². The summed E-state index contributed by atoms with van der Waals surface area (Å²) < 4.78 is 5.29. The molecule has 0 bridgehead atoms. The van der Waals surface area contributed by atoms with Crippen molar-refractivity contribution in [1.82, 2.24) is 5.32 Å². The van der Waals surface area contributed by atoms with Crippen LogP contribution in [0.5, 0.6) is 0 Å². The second kappa shape index (κ2) is 9.78. The lowest BCUT2D eigenvalue weighted by Crippen LogP contribution is -2.37. The highest BCUT2D eigenvalue weighted by atomic mass is 16.5. The number of nitrogens with one attached hydrogen (secondary N) is 1. The zero-order chi connectivity index (χ0) is 15.0. The Kier molecular flexibility index (Phi) is 8.79. The monoisotopic (exact) mass is 283 g/mol. The van der Waals surface area contributed by atoms with Crippen LogP contribution in [0, 0.1) is 29.6 Å². The molecule has 0 aromatic carbocycles. The van der Waals surface area contributed by atoms with Gasteiger partial charge in [-0.2, -0.15) is 0 Å². The van der Waals surface area contributed by atoms with E-state index in [4.69, 9.17) is 4.74 Å². The van der Waals surface area contributed by atoms with Gasteiger partial charge in [-0.3, -0.25) is 0 Å². The van der Waals surface area contributed by atoms with Crippen molar-refractivity contribution in [1.29, 1.82) is 0 Å². The topological polar surface area (TPSA) is 21.3 Å². The Morgan fingerprint density at radius 1 is 1.20 bits per heavy atom. The van der Waals surface area contributed by atoms with Crippen molar-refractivity contribution in [3.8, 4) is 0 Å². The molecule has 1 rings (SSSR count). The fraction of sp³-hybridized carbons (Fsp3) is 1.00. The number of hydrogen-bond donors (Lipinski definition) is 1. The van der Waals surface area contributed by atoms with E-state index in [1.54, 1.807) is 0 Å². The van der Waals surface area contributed by atoms with E-state index < -0.39 is 0 Å². The Labute approximate surface area is 127 Å². The predicted octanol–water partition coefficient (Wildman–Crippen LogP) is 4.35. The van der Waals surface area contributed by atoms with E-state index >= 15 is 0 Å². The van der Waals surface area contributed by atoms with Gasteiger partial charge in [-0.1, -0.05) is 40.5 Å². The molecule has 1 aliphatic rings. The summed E-state index contributed by atoms with van der Waals surface area (Å²) in [6, 6.07) is 0. The molecule has 0 amide bonds. The highest BCUT2D eigenvalue weighted by Gasteiger charge is 2.32. The molecule has 0 radical (unpaired) electrons. The van der Waals surface area contributed by atoms with Crippen LogP contribution < -0.4 is 5.32 Å². The summed E-state index contributed by atoms with van der Waals surface area (Å²) in [5.74, 6) is 4.29. The van der Waals surface area contributed by atoms with Gasteiger partial charge in [0.1, 0.15) is 0 Å². The Morgan fingerprint density at radius 3 is 2.55 bits per heavy atom. The van der Waals surface area contributed by atoms with E-state index in [1.807, 2.05) is 7.11 Å². The lowest BCUT2D eigenvalue weighted by molar-refractivity contribution is 0.0954. The number of methoxy groups -OCH3 is 1. The molecule has 4 atom stereocenters. The quantitative estimate of drug-likeness (QED) is 0.679. The average Bonchev–Trinajstić information content (AvgIpc) is 2.44. The summed E-state index contributed by atoms with van der Waals surface area (Å²) in [5.41, 5.74) is 0. The van der Waals surface area contributed by atoms with Gasteiger partial charge < -0.3 is 10.1 Å². The standard InChI is InChI=1S/C18H37NO/c1-6-16-7-8-17(13-19-12-14(2)3)18(11-16)15(4)9-10-20-5/h14-19H,6-13H2,1-5H3. The van der Waals surface area contributed by atoms with E-state index in [0.717, 1.165) is 42.7 Å². The Hall–Kier alpha value is -0.0800. The highest BCUT2D eigenvalue weighted by molar-refractivity contribution is 4.84. The third-order valence-electron chi connectivity index (χ3n) is 5.20. The molecule has 4 unspecified atom stereocenters. The minimum Gasteiger partial charge on any atom is -0.385 e. The van der Waals surface area contributed by atoms with E-state index in [9.17, 15) is 0 Å². The first kappa shape index (κ1) is 18.0. The van der Waals surface area contributed by atoms with Crippen molar-refractivity contribution in [2.45, 2.75) is 59.8 Å². The molecule has 20 heavy (non-hydrogen) atoms. The summed E-state index contributed by atoms with van der Waals surface area (Å²) in [5, 5.41) is 3.70. The van der Waals surface area contributed by atoms with Crippen molar-refractivity contribution in [3.63, 3.8) is 0 Å². The highest BCUT2D eigenvalue weighted by Crippen LogP contribution is 2.40. The molecule has 1 saturated carbocycles. The Bertz CT molecular complexity index is 242. The van der Waals surface area contributed by atoms with Crippen LogP contribution in [0.15, 0.2) is 0 Å². The van der Waals surface area contributed by atoms with Gasteiger partial charge in [-0.15, -0.1) is 0 Å². The molecule has 0 heterocycles. The first-order valence-electron chi connectivity index (χ1n) is 8.78. The van der Waals surface area contributed by atoms with Crippen LogP contribution >= 0.6 is 0 Å². The van der Waals surface area contributed by atoms with Crippen LogP contribution in [0.25, 0.3) is 0 Å². The van der Waals surface area contributed by atoms with Gasteiger partial charge in [0.2, 0.25) is 0 Å². The van der Waals surface area contributed by atoms with Crippen LogP contribution in [-0.2, 0) is 4.74 Å². The second-order valence-corrected chi connectivity index (χ2v) is 7.32. The number of ether oxygens (including phenoxy) is 1. The summed E-state index contributed by atoms with van der Waals surface area (Å²) in [4.78, 5) is 0. The molecule has 0 aliphatic heterocycles. The maximum atomic E-state index is 5.29. The van der Waals surface area contributed by atoms with E-state index in [1.165, 1.54) is 38.6 Å². The molecule has 0 aromatic rings. The van der Waals surface area contributed by atoms with Gasteiger partial charge in [0.15, 0.2) is 0 Å². The largest absolute Gasteiger partial charge is 0.385 e. The lowest BCUT2D eigenvalue weighted by Gasteiger charge is -2.39. The fourth-order valence-electron chi connectivity index (χ4n) is 3.76. The molecule has 1 aliphatic carbocycles. The van der Waals surface area contributed by atoms with Crippen LogP contribution in [0.4, 0.5) is 0 Å². The minimum atomic E-state index is 0.756. The minimum absolute atomic E-state index is 0.756. The number of rotatable bonds is 9. The first-order chi connectivity index (χ1) is 9.58. The summed E-state index contributed by atoms with van der Waals surface area (Å²) in [6.07, 6.45) is 6.89. The third-order valence-corrected chi connectivity index (χ3v) is 5.20. The zero-order valence-corrected chi connectivity index (χ0v) is 14.5. The SMILES string of the molecule is CCC1CCC(CNCC(C)C)C(C(C)CCOC)C1. The zero-order valence-electron chi connectivity index (χ0n) is 14.5. The van der Waals surface area contributed by atoms with Crippen LogP contribution in [0.3, 0.4) is 0 Å². The second-order valence-electron chi connectivity index (χ2n) is 7.32. The molecule has 2 nitrogen and oxygen atoms in total. The van der Waals surface area contributed by atoms with E-state index in [2.05, 4.69) is 33.0 Å². The Balaban J connectivity index is 2.50. The van der Waals surface area contributed by atoms with Crippen LogP contribution in [0.2, 0.25) is 0 Å². The molecule has 0 saturated heterocycles. The summed E-state index contributed by atoms with van der Waals surface area (Å²) in [6.45, 7) is 12.7. The summed E-state index contributed by atoms with van der Waals surface area (Å²) >= 11 is 0. The number of hydrogen-bond acceptors (Lipinski definition) is 2. The van der Waals surface area contributed by atoms with E-state index in [0.29, 0.717) is 0 Å². The molecule has 1 fully saturated rings. The molecule has 120 valence electrons. The lowest BCUT2D eigenvalue weighted by atomic mass is 9.68. The maximum Gasteiger partial charge on any atom is 0.0464 e. The van der Waals surface area contributed by atoms with Gasteiger partial charge in [-0.05, 0) is 61.9 Å². The van der Waals surface area contributed by atoms with Gasteiger partial charge in [0.05, 0.1) is 0 Å². The smallest absolute Gasteiger partial charge is 0.0464 e. The van der Waals surface area contributed by atoms with Gasteiger partial charge in [0, 0.05) is 13.7 Å². The molecule has 2 heteroatoms. The normalized spacial score (nSPS) is 28.8.